The van der Waals surface area contributed by atoms with E-state index in [0.717, 1.165) is 65.0 Å². The lowest BCUT2D eigenvalue weighted by atomic mass is 9.93. The van der Waals surface area contributed by atoms with Crippen LogP contribution in [0.1, 0.15) is 56.3 Å². The number of carbonyl (C=O) groups is 2. The zero-order chi connectivity index (χ0) is 28.3. The summed E-state index contributed by atoms with van der Waals surface area (Å²) >= 11 is 6.37. The molecule has 2 aromatic heterocycles. The fourth-order valence-electron chi connectivity index (χ4n) is 5.76. The molecular weight excluding hydrogens is 536 g/mol. The Kier molecular flexibility index (Phi) is 7.65. The first kappa shape index (κ1) is 26.9. The summed E-state index contributed by atoms with van der Waals surface area (Å²) in [6, 6.07) is 17.3. The van der Waals surface area contributed by atoms with Gasteiger partial charge in [-0.05, 0) is 66.8 Å². The molecule has 0 unspecified atom stereocenters. The molecule has 2 bridgehead atoms. The molecule has 6 rings (SSSR count). The van der Waals surface area contributed by atoms with Crippen molar-refractivity contribution in [3.8, 4) is 16.8 Å². The van der Waals surface area contributed by atoms with Crippen LogP contribution in [0, 0.1) is 5.92 Å². The molecule has 41 heavy (non-hydrogen) atoms. The molecule has 208 valence electrons. The van der Waals surface area contributed by atoms with Gasteiger partial charge in [-0.25, -0.2) is 9.67 Å². The summed E-state index contributed by atoms with van der Waals surface area (Å²) < 4.78 is 1.69. The summed E-state index contributed by atoms with van der Waals surface area (Å²) in [5, 5.41) is 8.00. The fourth-order valence-corrected chi connectivity index (χ4v) is 5.93. The second-order valence-electron chi connectivity index (χ2n) is 10.7. The molecular formula is C32H31ClN6O2. The first-order chi connectivity index (χ1) is 20.0. The van der Waals surface area contributed by atoms with Gasteiger partial charge in [0.2, 0.25) is 11.8 Å². The second kappa shape index (κ2) is 11.7. The normalized spacial score (nSPS) is 19.8. The Bertz CT molecular complexity index is 1620. The quantitative estimate of drug-likeness (QED) is 0.306. The van der Waals surface area contributed by atoms with Crippen molar-refractivity contribution < 1.29 is 9.59 Å². The van der Waals surface area contributed by atoms with E-state index in [1.807, 2.05) is 60.4 Å². The Morgan fingerprint density at radius 3 is 2.68 bits per heavy atom. The lowest BCUT2D eigenvalue weighted by molar-refractivity contribution is -0.129. The van der Waals surface area contributed by atoms with Crippen LogP contribution in [0.5, 0.6) is 0 Å². The number of rotatable bonds is 3. The van der Waals surface area contributed by atoms with Gasteiger partial charge >= 0.3 is 0 Å². The van der Waals surface area contributed by atoms with E-state index in [1.165, 1.54) is 6.33 Å². The van der Waals surface area contributed by atoms with Crippen molar-refractivity contribution >= 4 is 34.7 Å². The van der Waals surface area contributed by atoms with Crippen LogP contribution in [0.15, 0.2) is 79.5 Å². The molecule has 0 saturated heterocycles. The molecule has 1 N–H and O–H groups in total. The van der Waals surface area contributed by atoms with Crippen molar-refractivity contribution in [2.24, 2.45) is 5.92 Å². The number of fused-ring (bicyclic) bond motifs is 4. The smallest absolute Gasteiger partial charge is 0.247 e. The maximum Gasteiger partial charge on any atom is 0.247 e. The van der Waals surface area contributed by atoms with Gasteiger partial charge < -0.3 is 10.2 Å². The van der Waals surface area contributed by atoms with Crippen molar-refractivity contribution in [2.75, 3.05) is 11.9 Å². The highest BCUT2D eigenvalue weighted by Crippen LogP contribution is 2.37. The molecule has 2 amide bonds. The highest BCUT2D eigenvalue weighted by Gasteiger charge is 2.30. The van der Waals surface area contributed by atoms with Gasteiger partial charge in [0.25, 0.3) is 0 Å². The summed E-state index contributed by atoms with van der Waals surface area (Å²) in [6.45, 7) is 2.53. The Morgan fingerprint density at radius 2 is 1.85 bits per heavy atom. The molecule has 0 fully saturated rings. The molecule has 0 aliphatic carbocycles. The molecule has 2 aliphatic rings. The minimum Gasteiger partial charge on any atom is -0.330 e. The molecule has 0 spiro atoms. The molecule has 8 nitrogen and oxygen atoms in total. The fraction of sp³-hybridized carbons (Fsp3) is 0.281. The van der Waals surface area contributed by atoms with Crippen LogP contribution in [-0.2, 0) is 9.59 Å². The minimum atomic E-state index is -0.179. The van der Waals surface area contributed by atoms with Crippen molar-refractivity contribution in [3.05, 3.63) is 95.8 Å². The predicted molar refractivity (Wildman–Crippen MR) is 159 cm³/mol. The number of hydrogen-bond acceptors (Lipinski definition) is 5. The van der Waals surface area contributed by atoms with Crippen molar-refractivity contribution in [3.63, 3.8) is 0 Å². The summed E-state index contributed by atoms with van der Waals surface area (Å²) in [5.41, 5.74) is 6.14. The molecule has 2 atom stereocenters. The van der Waals surface area contributed by atoms with Crippen LogP contribution in [0.4, 0.5) is 5.69 Å². The van der Waals surface area contributed by atoms with Gasteiger partial charge in [-0.2, -0.15) is 5.10 Å². The highest BCUT2D eigenvalue weighted by molar-refractivity contribution is 6.30. The third kappa shape index (κ3) is 5.65. The maximum absolute atomic E-state index is 13.8. The Hall–Kier alpha value is -4.30. The molecule has 4 heterocycles. The summed E-state index contributed by atoms with van der Waals surface area (Å²) in [7, 11) is 0. The Morgan fingerprint density at radius 1 is 1.00 bits per heavy atom. The van der Waals surface area contributed by atoms with E-state index in [2.05, 4.69) is 21.5 Å². The molecule has 0 radical (unpaired) electrons. The standard InChI is InChI=1S/C32H31ClN6O2/c1-21-6-2-5-9-30(28-16-22(12-14-35-28)25-7-3-4-8-27(25)37-32(21)41)38-15-13-23(17-31(38)40)26-18-24(33)10-11-29(26)39-20-34-19-36-39/h3-4,7-8,10-12,14,16-21,30H,2,5-6,9,13,15H2,1H3,(H,37,41)/t21-,30+/m1/s1. The van der Waals surface area contributed by atoms with Gasteiger partial charge in [0.05, 0.1) is 17.4 Å². The summed E-state index contributed by atoms with van der Waals surface area (Å²) in [6.07, 6.45) is 10.6. The third-order valence-electron chi connectivity index (χ3n) is 7.98. The van der Waals surface area contributed by atoms with E-state index in [4.69, 9.17) is 16.6 Å². The van der Waals surface area contributed by atoms with Crippen LogP contribution in [-0.4, -0.2) is 43.0 Å². The molecule has 4 aromatic rings. The molecule has 2 aliphatic heterocycles. The van der Waals surface area contributed by atoms with Gasteiger partial charge in [0, 0.05) is 46.6 Å². The largest absolute Gasteiger partial charge is 0.330 e. The van der Waals surface area contributed by atoms with Gasteiger partial charge in [-0.3, -0.25) is 14.6 Å². The average Bonchev–Trinajstić information content (AvgIpc) is 3.52. The van der Waals surface area contributed by atoms with Crippen LogP contribution in [0.3, 0.4) is 0 Å². The lowest BCUT2D eigenvalue weighted by Gasteiger charge is -2.34. The predicted octanol–water partition coefficient (Wildman–Crippen LogP) is 6.49. The summed E-state index contributed by atoms with van der Waals surface area (Å²) in [4.78, 5) is 37.5. The lowest BCUT2D eigenvalue weighted by Crippen LogP contribution is -2.37. The third-order valence-corrected chi connectivity index (χ3v) is 8.21. The van der Waals surface area contributed by atoms with Gasteiger partial charge in [-0.15, -0.1) is 0 Å². The van der Waals surface area contributed by atoms with E-state index in [0.29, 0.717) is 18.0 Å². The van der Waals surface area contributed by atoms with Crippen LogP contribution < -0.4 is 5.32 Å². The zero-order valence-electron chi connectivity index (χ0n) is 22.8. The molecule has 2 aromatic carbocycles. The number of anilines is 1. The Labute approximate surface area is 244 Å². The maximum atomic E-state index is 13.8. The van der Waals surface area contributed by atoms with E-state index >= 15 is 0 Å². The SMILES string of the molecule is C[C@@H]1CCCC[C@H](N2CCC(c3cc(Cl)ccc3-n3cncn3)=CC2=O)c2cc(ccn2)-c2ccccc2NC1=O. The van der Waals surface area contributed by atoms with Crippen LogP contribution >= 0.6 is 11.6 Å². The van der Waals surface area contributed by atoms with Gasteiger partial charge in [0.1, 0.15) is 12.7 Å². The van der Waals surface area contributed by atoms with Crippen molar-refractivity contribution in [1.29, 1.82) is 0 Å². The van der Waals surface area contributed by atoms with E-state index in [9.17, 15) is 9.59 Å². The first-order valence-electron chi connectivity index (χ1n) is 14.0. The molecule has 9 heteroatoms. The van der Waals surface area contributed by atoms with E-state index in [1.54, 1.807) is 23.3 Å². The average molecular weight is 567 g/mol. The number of carbonyl (C=O) groups excluding carboxylic acids is 2. The zero-order valence-corrected chi connectivity index (χ0v) is 23.6. The monoisotopic (exact) mass is 566 g/mol. The number of pyridine rings is 1. The van der Waals surface area contributed by atoms with Crippen LogP contribution in [0.2, 0.25) is 5.02 Å². The first-order valence-corrected chi connectivity index (χ1v) is 14.4. The summed E-state index contributed by atoms with van der Waals surface area (Å²) in [5.74, 6) is -0.136. The van der Waals surface area contributed by atoms with Gasteiger partial charge in [-0.1, -0.05) is 49.6 Å². The number of amides is 2. The topological polar surface area (TPSA) is 93.0 Å². The minimum absolute atomic E-state index is 0.0256. The van der Waals surface area contributed by atoms with E-state index < -0.39 is 0 Å². The number of para-hydroxylation sites is 1. The van der Waals surface area contributed by atoms with Crippen LogP contribution in [0.25, 0.3) is 22.4 Å². The number of halogens is 1. The van der Waals surface area contributed by atoms with E-state index in [-0.39, 0.29) is 23.8 Å². The van der Waals surface area contributed by atoms with Crippen molar-refractivity contribution in [2.45, 2.75) is 45.1 Å². The number of aromatic nitrogens is 4. The number of nitrogens with zero attached hydrogens (tertiary/aromatic N) is 5. The number of benzene rings is 2. The number of hydrogen-bond donors (Lipinski definition) is 1. The highest BCUT2D eigenvalue weighted by atomic mass is 35.5. The molecule has 0 saturated carbocycles. The van der Waals surface area contributed by atoms with Crippen molar-refractivity contribution in [1.82, 2.24) is 24.6 Å². The Balaban J connectivity index is 1.35. The second-order valence-corrected chi connectivity index (χ2v) is 11.1. The number of nitrogens with one attached hydrogen (secondary N) is 1. The van der Waals surface area contributed by atoms with Gasteiger partial charge in [0.15, 0.2) is 0 Å².